The lowest BCUT2D eigenvalue weighted by atomic mass is 9.85. The van der Waals surface area contributed by atoms with Gasteiger partial charge in [0.2, 0.25) is 0 Å². The summed E-state index contributed by atoms with van der Waals surface area (Å²) in [6.07, 6.45) is 6.77. The molecule has 0 aliphatic carbocycles. The third-order valence-electron chi connectivity index (χ3n) is 3.01. The number of rotatable bonds is 5. The fourth-order valence-corrected chi connectivity index (χ4v) is 0.953. The highest BCUT2D eigenvalue weighted by molar-refractivity contribution is 5.08. The molecule has 76 valence electrons. The van der Waals surface area contributed by atoms with Crippen LogP contribution in [0.5, 0.6) is 0 Å². The van der Waals surface area contributed by atoms with E-state index in [4.69, 9.17) is 0 Å². The van der Waals surface area contributed by atoms with Crippen LogP contribution in [0.2, 0.25) is 0 Å². The zero-order chi connectivity index (χ0) is 10.5. The van der Waals surface area contributed by atoms with Crippen LogP contribution in [0.15, 0.2) is 24.3 Å². The van der Waals surface area contributed by atoms with Gasteiger partial charge < -0.3 is 0 Å². The van der Waals surface area contributed by atoms with Gasteiger partial charge in [0.25, 0.3) is 0 Å². The first-order chi connectivity index (χ1) is 5.93. The smallest absolute Gasteiger partial charge is 0.00571 e. The zero-order valence-electron chi connectivity index (χ0n) is 9.85. The Hall–Kier alpha value is -0.520. The molecule has 0 nitrogen and oxygen atoms in total. The summed E-state index contributed by atoms with van der Waals surface area (Å²) in [7, 11) is 0. The van der Waals surface area contributed by atoms with Crippen LogP contribution >= 0.6 is 0 Å². The highest BCUT2D eigenvalue weighted by atomic mass is 14.2. The van der Waals surface area contributed by atoms with Crippen molar-refractivity contribution in [1.29, 1.82) is 0 Å². The van der Waals surface area contributed by atoms with Crippen molar-refractivity contribution in [1.82, 2.24) is 0 Å². The molecule has 0 amide bonds. The summed E-state index contributed by atoms with van der Waals surface area (Å²) in [5.74, 6) is 0.521. The van der Waals surface area contributed by atoms with E-state index in [2.05, 4.69) is 47.3 Å². The second kappa shape index (κ2) is 5.26. The molecule has 0 aliphatic heterocycles. The maximum atomic E-state index is 3.81. The van der Waals surface area contributed by atoms with E-state index in [1.807, 2.05) is 6.08 Å². The minimum atomic E-state index is 0.447. The highest BCUT2D eigenvalue weighted by Gasteiger charge is 2.13. The van der Waals surface area contributed by atoms with Crippen molar-refractivity contribution in [3.05, 3.63) is 24.3 Å². The van der Waals surface area contributed by atoms with Crippen LogP contribution in [-0.4, -0.2) is 0 Å². The largest absolute Gasteiger partial charge is 0.102 e. The molecule has 0 spiro atoms. The standard InChI is InChI=1S/C13H24/c1-7-11(3)12(4)9-10-13(5,6)8-2/h7,9,11H,1,8,10H2,2-6H3. The molecule has 0 saturated carbocycles. The van der Waals surface area contributed by atoms with Crippen LogP contribution in [0.4, 0.5) is 0 Å². The van der Waals surface area contributed by atoms with E-state index in [0.717, 1.165) is 0 Å². The van der Waals surface area contributed by atoms with Crippen molar-refractivity contribution in [3.63, 3.8) is 0 Å². The summed E-state index contributed by atoms with van der Waals surface area (Å²) in [5.41, 5.74) is 1.89. The molecule has 1 unspecified atom stereocenters. The van der Waals surface area contributed by atoms with Gasteiger partial charge in [-0.3, -0.25) is 0 Å². The van der Waals surface area contributed by atoms with E-state index in [1.165, 1.54) is 18.4 Å². The highest BCUT2D eigenvalue weighted by Crippen LogP contribution is 2.26. The fraction of sp³-hybridized carbons (Fsp3) is 0.692. The lowest BCUT2D eigenvalue weighted by molar-refractivity contribution is 0.355. The Morgan fingerprint density at radius 1 is 1.46 bits per heavy atom. The molecule has 0 bridgehead atoms. The fourth-order valence-electron chi connectivity index (χ4n) is 0.953. The zero-order valence-corrected chi connectivity index (χ0v) is 9.85. The van der Waals surface area contributed by atoms with Gasteiger partial charge in [-0.1, -0.05) is 51.8 Å². The van der Waals surface area contributed by atoms with Crippen molar-refractivity contribution in [3.8, 4) is 0 Å². The topological polar surface area (TPSA) is 0 Å². The molecule has 0 fully saturated rings. The lowest BCUT2D eigenvalue weighted by Crippen LogP contribution is -2.08. The van der Waals surface area contributed by atoms with Gasteiger partial charge in [0, 0.05) is 0 Å². The lowest BCUT2D eigenvalue weighted by Gasteiger charge is -2.21. The van der Waals surface area contributed by atoms with Gasteiger partial charge in [0.05, 0.1) is 0 Å². The first-order valence-electron chi connectivity index (χ1n) is 5.22. The Morgan fingerprint density at radius 3 is 2.38 bits per heavy atom. The number of allylic oxidation sites excluding steroid dienone is 3. The monoisotopic (exact) mass is 180 g/mol. The van der Waals surface area contributed by atoms with E-state index < -0.39 is 0 Å². The molecular weight excluding hydrogens is 156 g/mol. The summed E-state index contributed by atoms with van der Waals surface area (Å²) < 4.78 is 0. The van der Waals surface area contributed by atoms with Gasteiger partial charge >= 0.3 is 0 Å². The average molecular weight is 180 g/mol. The minimum Gasteiger partial charge on any atom is -0.102 e. The van der Waals surface area contributed by atoms with Crippen LogP contribution < -0.4 is 0 Å². The Bertz CT molecular complexity index is 184. The average Bonchev–Trinajstić information content (AvgIpc) is 2.13. The van der Waals surface area contributed by atoms with E-state index in [-0.39, 0.29) is 0 Å². The van der Waals surface area contributed by atoms with Crippen LogP contribution in [0.25, 0.3) is 0 Å². The van der Waals surface area contributed by atoms with Crippen molar-refractivity contribution in [2.45, 2.75) is 47.5 Å². The van der Waals surface area contributed by atoms with Crippen molar-refractivity contribution >= 4 is 0 Å². The molecule has 1 atom stereocenters. The molecule has 0 saturated heterocycles. The molecule has 0 aromatic rings. The second-order valence-corrected chi connectivity index (χ2v) is 4.69. The molecule has 0 radical (unpaired) electrons. The maximum Gasteiger partial charge on any atom is -0.00571 e. The first kappa shape index (κ1) is 12.5. The molecule has 0 rings (SSSR count). The van der Waals surface area contributed by atoms with Crippen molar-refractivity contribution in [2.24, 2.45) is 11.3 Å². The first-order valence-corrected chi connectivity index (χ1v) is 5.22. The molecule has 0 N–H and O–H groups in total. The number of hydrogen-bond acceptors (Lipinski definition) is 0. The number of hydrogen-bond donors (Lipinski definition) is 0. The third kappa shape index (κ3) is 4.92. The molecule has 13 heavy (non-hydrogen) atoms. The van der Waals surface area contributed by atoms with Gasteiger partial charge in [-0.2, -0.15) is 0 Å². The predicted molar refractivity (Wildman–Crippen MR) is 61.8 cm³/mol. The van der Waals surface area contributed by atoms with Gasteiger partial charge in [-0.15, -0.1) is 6.58 Å². The molecule has 0 aromatic carbocycles. The van der Waals surface area contributed by atoms with Crippen LogP contribution in [0, 0.1) is 11.3 Å². The van der Waals surface area contributed by atoms with E-state index in [0.29, 0.717) is 11.3 Å². The SMILES string of the molecule is C=CC(C)C(C)=CCC(C)(C)CC. The second-order valence-electron chi connectivity index (χ2n) is 4.69. The summed E-state index contributed by atoms with van der Waals surface area (Å²) >= 11 is 0. The Balaban J connectivity index is 4.18. The van der Waals surface area contributed by atoms with Crippen LogP contribution in [0.3, 0.4) is 0 Å². The molecule has 0 heterocycles. The van der Waals surface area contributed by atoms with Gasteiger partial charge in [-0.05, 0) is 24.7 Å². The summed E-state index contributed by atoms with van der Waals surface area (Å²) in [6, 6.07) is 0. The molecular formula is C13H24. The Kier molecular flexibility index (Phi) is 5.05. The minimum absolute atomic E-state index is 0.447. The maximum absolute atomic E-state index is 3.81. The van der Waals surface area contributed by atoms with E-state index >= 15 is 0 Å². The normalized spacial score (nSPS) is 15.6. The summed E-state index contributed by atoms with van der Waals surface area (Å²) in [5, 5.41) is 0. The molecule has 0 heteroatoms. The Labute approximate surface area is 83.7 Å². The van der Waals surface area contributed by atoms with Gasteiger partial charge in [0.1, 0.15) is 0 Å². The van der Waals surface area contributed by atoms with Gasteiger partial charge in [0.15, 0.2) is 0 Å². The van der Waals surface area contributed by atoms with E-state index in [1.54, 1.807) is 0 Å². The summed E-state index contributed by atoms with van der Waals surface area (Å²) in [6.45, 7) is 15.1. The predicted octanol–water partition coefficient (Wildman–Crippen LogP) is 4.58. The molecule has 0 aliphatic rings. The van der Waals surface area contributed by atoms with Crippen molar-refractivity contribution in [2.75, 3.05) is 0 Å². The van der Waals surface area contributed by atoms with Crippen molar-refractivity contribution < 1.29 is 0 Å². The Morgan fingerprint density at radius 2 is 2.00 bits per heavy atom. The quantitative estimate of drug-likeness (QED) is 0.543. The van der Waals surface area contributed by atoms with Gasteiger partial charge in [-0.25, -0.2) is 0 Å². The third-order valence-corrected chi connectivity index (χ3v) is 3.01. The summed E-state index contributed by atoms with van der Waals surface area (Å²) in [4.78, 5) is 0. The van der Waals surface area contributed by atoms with E-state index in [9.17, 15) is 0 Å². The van der Waals surface area contributed by atoms with Crippen LogP contribution in [-0.2, 0) is 0 Å². The molecule has 0 aromatic heterocycles. The van der Waals surface area contributed by atoms with Crippen LogP contribution in [0.1, 0.15) is 47.5 Å².